The zero-order chi connectivity index (χ0) is 21.8. The normalized spacial score (nSPS) is 10.7. The Morgan fingerprint density at radius 1 is 1.10 bits per heavy atom. The van der Waals surface area contributed by atoms with Gasteiger partial charge >= 0.3 is 0 Å². The van der Waals surface area contributed by atoms with Crippen LogP contribution in [0.4, 0.5) is 10.1 Å². The molecule has 0 saturated heterocycles. The molecule has 0 spiro atoms. The van der Waals surface area contributed by atoms with E-state index in [2.05, 4.69) is 0 Å². The fraction of sp³-hybridized carbons (Fsp3) is 0.227. The van der Waals surface area contributed by atoms with Gasteiger partial charge in [0.2, 0.25) is 5.78 Å². The minimum absolute atomic E-state index is 0.130. The smallest absolute Gasteiger partial charge is 0.273 e. The second kappa shape index (κ2) is 8.77. The first-order valence-electron chi connectivity index (χ1n) is 9.19. The Bertz CT molecular complexity index is 1090. The van der Waals surface area contributed by atoms with Gasteiger partial charge in [-0.3, -0.25) is 14.9 Å². The third-order valence-electron chi connectivity index (χ3n) is 4.84. The van der Waals surface area contributed by atoms with Gasteiger partial charge in [0.1, 0.15) is 5.82 Å². The molecule has 0 N–H and O–H groups in total. The van der Waals surface area contributed by atoms with Gasteiger partial charge in [-0.2, -0.15) is 0 Å². The molecule has 0 amide bonds. The molecule has 0 aliphatic rings. The number of methoxy groups -OCH3 is 1. The number of benzene rings is 2. The zero-order valence-electron chi connectivity index (χ0n) is 16.8. The van der Waals surface area contributed by atoms with Gasteiger partial charge in [-0.15, -0.1) is 0 Å². The Morgan fingerprint density at radius 3 is 2.43 bits per heavy atom. The third kappa shape index (κ3) is 4.48. The highest BCUT2D eigenvalue weighted by Gasteiger charge is 2.18. The molecule has 0 bridgehead atoms. The van der Waals surface area contributed by atoms with E-state index in [0.29, 0.717) is 12.1 Å². The van der Waals surface area contributed by atoms with Crippen LogP contribution >= 0.6 is 0 Å². The molecule has 156 valence electrons. The van der Waals surface area contributed by atoms with Crippen LogP contribution in [0.25, 0.3) is 0 Å². The van der Waals surface area contributed by atoms with Crippen LogP contribution in [0.3, 0.4) is 0 Å². The van der Waals surface area contributed by atoms with Gasteiger partial charge in [0.15, 0.2) is 18.1 Å². The Labute approximate surface area is 172 Å². The van der Waals surface area contributed by atoms with E-state index >= 15 is 0 Å². The summed E-state index contributed by atoms with van der Waals surface area (Å²) in [6.07, 6.45) is 0. The van der Waals surface area contributed by atoms with Gasteiger partial charge < -0.3 is 14.0 Å². The van der Waals surface area contributed by atoms with Gasteiger partial charge in [0.25, 0.3) is 5.69 Å². The van der Waals surface area contributed by atoms with Crippen molar-refractivity contribution in [1.29, 1.82) is 0 Å². The number of carbonyl (C=O) groups is 1. The quantitative estimate of drug-likeness (QED) is 0.310. The lowest BCUT2D eigenvalue weighted by molar-refractivity contribution is -0.384. The topological polar surface area (TPSA) is 83.6 Å². The Morgan fingerprint density at radius 2 is 1.80 bits per heavy atom. The largest absolute Gasteiger partial charge is 0.493 e. The van der Waals surface area contributed by atoms with E-state index in [0.717, 1.165) is 17.0 Å². The number of ketones is 1. The van der Waals surface area contributed by atoms with E-state index < -0.39 is 4.92 Å². The highest BCUT2D eigenvalue weighted by atomic mass is 19.1. The number of Topliss-reactive ketones (excluding diaryl/α,β-unsaturated/α-hetero) is 1. The van der Waals surface area contributed by atoms with Crippen LogP contribution in [0.5, 0.6) is 11.5 Å². The molecule has 1 aromatic heterocycles. The number of hydrogen-bond acceptors (Lipinski definition) is 5. The van der Waals surface area contributed by atoms with E-state index in [4.69, 9.17) is 9.47 Å². The summed E-state index contributed by atoms with van der Waals surface area (Å²) in [6, 6.07) is 12.0. The molecule has 0 atom stereocenters. The standard InChI is InChI=1S/C22H21FN2O5/c1-14-10-19(15(2)24(14)12-16-4-6-17(23)7-5-16)20(26)13-30-21-9-8-18(25(27)28)11-22(21)29-3/h4-11H,12-13H2,1-3H3. The van der Waals surface area contributed by atoms with Crippen molar-refractivity contribution in [1.82, 2.24) is 4.57 Å². The average Bonchev–Trinajstić information content (AvgIpc) is 3.01. The van der Waals surface area contributed by atoms with Crippen LogP contribution in [0.2, 0.25) is 0 Å². The maximum Gasteiger partial charge on any atom is 0.273 e. The fourth-order valence-corrected chi connectivity index (χ4v) is 3.21. The van der Waals surface area contributed by atoms with Crippen LogP contribution in [-0.4, -0.2) is 29.0 Å². The Hall–Kier alpha value is -3.68. The molecular formula is C22H21FN2O5. The number of hydrogen-bond donors (Lipinski definition) is 0. The summed E-state index contributed by atoms with van der Waals surface area (Å²) >= 11 is 0. The zero-order valence-corrected chi connectivity index (χ0v) is 16.8. The van der Waals surface area contributed by atoms with Crippen molar-refractivity contribution in [3.8, 4) is 11.5 Å². The molecule has 1 heterocycles. The summed E-state index contributed by atoms with van der Waals surface area (Å²) in [4.78, 5) is 23.1. The lowest BCUT2D eigenvalue weighted by Gasteiger charge is -2.11. The number of nitro benzene ring substituents is 1. The summed E-state index contributed by atoms with van der Waals surface area (Å²) in [5, 5.41) is 10.9. The minimum Gasteiger partial charge on any atom is -0.493 e. The molecule has 3 rings (SSSR count). The Balaban J connectivity index is 1.75. The summed E-state index contributed by atoms with van der Waals surface area (Å²) in [6.45, 7) is 4.01. The first-order valence-corrected chi connectivity index (χ1v) is 9.19. The molecule has 0 fully saturated rings. The molecule has 0 saturated carbocycles. The summed E-state index contributed by atoms with van der Waals surface area (Å²) in [5.41, 5.74) is 2.99. The molecule has 0 aliphatic carbocycles. The first kappa shape index (κ1) is 21.0. The number of halogens is 1. The van der Waals surface area contributed by atoms with Crippen molar-refractivity contribution in [2.45, 2.75) is 20.4 Å². The van der Waals surface area contributed by atoms with E-state index in [1.165, 1.54) is 37.4 Å². The highest BCUT2D eigenvalue weighted by molar-refractivity contribution is 5.98. The van der Waals surface area contributed by atoms with Crippen molar-refractivity contribution in [2.24, 2.45) is 0 Å². The van der Waals surface area contributed by atoms with Crippen molar-refractivity contribution >= 4 is 11.5 Å². The van der Waals surface area contributed by atoms with Gasteiger partial charge in [-0.05, 0) is 43.7 Å². The molecule has 7 nitrogen and oxygen atoms in total. The van der Waals surface area contributed by atoms with E-state index in [1.807, 2.05) is 18.4 Å². The van der Waals surface area contributed by atoms with Gasteiger partial charge in [-0.25, -0.2) is 4.39 Å². The predicted octanol–water partition coefficient (Wildman–Crippen LogP) is 4.47. The molecule has 8 heteroatoms. The predicted molar refractivity (Wildman–Crippen MR) is 109 cm³/mol. The fourth-order valence-electron chi connectivity index (χ4n) is 3.21. The van der Waals surface area contributed by atoms with Crippen LogP contribution in [-0.2, 0) is 6.54 Å². The van der Waals surface area contributed by atoms with Crippen LogP contribution in [0.1, 0.15) is 27.3 Å². The lowest BCUT2D eigenvalue weighted by atomic mass is 10.1. The van der Waals surface area contributed by atoms with E-state index in [1.54, 1.807) is 18.2 Å². The number of aromatic nitrogens is 1. The van der Waals surface area contributed by atoms with Crippen LogP contribution in [0.15, 0.2) is 48.5 Å². The molecule has 0 radical (unpaired) electrons. The maximum atomic E-state index is 13.1. The summed E-state index contributed by atoms with van der Waals surface area (Å²) in [5.74, 6) is -0.0985. The monoisotopic (exact) mass is 412 g/mol. The molecular weight excluding hydrogens is 391 g/mol. The van der Waals surface area contributed by atoms with Crippen molar-refractivity contribution < 1.29 is 23.6 Å². The van der Waals surface area contributed by atoms with E-state index in [9.17, 15) is 19.3 Å². The average molecular weight is 412 g/mol. The van der Waals surface area contributed by atoms with Gasteiger partial charge in [0, 0.05) is 29.6 Å². The molecule has 3 aromatic rings. The van der Waals surface area contributed by atoms with Crippen molar-refractivity contribution in [3.05, 3.63) is 87.0 Å². The van der Waals surface area contributed by atoms with Crippen molar-refractivity contribution in [2.75, 3.05) is 13.7 Å². The first-order chi connectivity index (χ1) is 14.3. The van der Waals surface area contributed by atoms with Crippen LogP contribution < -0.4 is 9.47 Å². The third-order valence-corrected chi connectivity index (χ3v) is 4.84. The lowest BCUT2D eigenvalue weighted by Crippen LogP contribution is -2.13. The van der Waals surface area contributed by atoms with E-state index in [-0.39, 0.29) is 35.4 Å². The maximum absolute atomic E-state index is 13.1. The number of ether oxygens (including phenoxy) is 2. The van der Waals surface area contributed by atoms with Crippen LogP contribution in [0, 0.1) is 29.8 Å². The highest BCUT2D eigenvalue weighted by Crippen LogP contribution is 2.31. The molecule has 2 aromatic carbocycles. The second-order valence-corrected chi connectivity index (χ2v) is 6.80. The molecule has 0 aliphatic heterocycles. The second-order valence-electron chi connectivity index (χ2n) is 6.80. The van der Waals surface area contributed by atoms with Gasteiger partial charge in [0.05, 0.1) is 18.1 Å². The number of nitrogens with zero attached hydrogens (tertiary/aromatic N) is 2. The summed E-state index contributed by atoms with van der Waals surface area (Å²) in [7, 11) is 1.37. The minimum atomic E-state index is -0.534. The number of rotatable bonds is 8. The summed E-state index contributed by atoms with van der Waals surface area (Å²) < 4.78 is 25.8. The number of nitro groups is 1. The molecule has 30 heavy (non-hydrogen) atoms. The number of non-ortho nitro benzene ring substituents is 1. The van der Waals surface area contributed by atoms with Crippen molar-refractivity contribution in [3.63, 3.8) is 0 Å². The Kier molecular flexibility index (Phi) is 6.15. The molecule has 0 unspecified atom stereocenters. The number of aryl methyl sites for hydroxylation is 1. The SMILES string of the molecule is COc1cc([N+](=O)[O-])ccc1OCC(=O)c1cc(C)n(Cc2ccc(F)cc2)c1C. The van der Waals surface area contributed by atoms with Gasteiger partial charge in [-0.1, -0.05) is 12.1 Å². The number of carbonyl (C=O) groups excluding carboxylic acids is 1.